The lowest BCUT2D eigenvalue weighted by Crippen LogP contribution is -2.39. The SMILES string of the molecule is CN=CCOCc1ccc(CC(NC)NC)cc1. The summed E-state index contributed by atoms with van der Waals surface area (Å²) in [6, 6.07) is 8.52. The van der Waals surface area contributed by atoms with Crippen LogP contribution in [0.1, 0.15) is 11.1 Å². The molecule has 4 nitrogen and oxygen atoms in total. The van der Waals surface area contributed by atoms with E-state index in [-0.39, 0.29) is 0 Å². The number of nitrogens with zero attached hydrogens (tertiary/aromatic N) is 1. The zero-order valence-corrected chi connectivity index (χ0v) is 11.4. The van der Waals surface area contributed by atoms with Crippen molar-refractivity contribution in [1.29, 1.82) is 0 Å². The predicted molar refractivity (Wildman–Crippen MR) is 76.1 cm³/mol. The van der Waals surface area contributed by atoms with Gasteiger partial charge >= 0.3 is 0 Å². The van der Waals surface area contributed by atoms with Crippen LogP contribution in [0.5, 0.6) is 0 Å². The summed E-state index contributed by atoms with van der Waals surface area (Å²) in [5.74, 6) is 0. The molecule has 0 spiro atoms. The zero-order valence-electron chi connectivity index (χ0n) is 11.4. The average molecular weight is 249 g/mol. The summed E-state index contributed by atoms with van der Waals surface area (Å²) < 4.78 is 5.45. The first-order chi connectivity index (χ1) is 8.80. The second-order valence-electron chi connectivity index (χ2n) is 4.11. The summed E-state index contributed by atoms with van der Waals surface area (Å²) in [4.78, 5) is 3.87. The third kappa shape index (κ3) is 5.40. The minimum absolute atomic E-state index is 0.313. The summed E-state index contributed by atoms with van der Waals surface area (Å²) in [6.07, 6.45) is 3.04. The summed E-state index contributed by atoms with van der Waals surface area (Å²) in [5, 5.41) is 6.43. The summed E-state index contributed by atoms with van der Waals surface area (Å²) in [5.41, 5.74) is 2.50. The van der Waals surface area contributed by atoms with Crippen LogP contribution in [0.2, 0.25) is 0 Å². The van der Waals surface area contributed by atoms with E-state index in [4.69, 9.17) is 4.74 Å². The third-order valence-electron chi connectivity index (χ3n) is 2.80. The van der Waals surface area contributed by atoms with E-state index in [1.54, 1.807) is 13.3 Å². The molecule has 0 aliphatic heterocycles. The largest absolute Gasteiger partial charge is 0.371 e. The molecule has 1 aromatic rings. The van der Waals surface area contributed by atoms with Crippen molar-refractivity contribution >= 4 is 6.21 Å². The van der Waals surface area contributed by atoms with E-state index in [0.29, 0.717) is 19.4 Å². The molecule has 0 fully saturated rings. The van der Waals surface area contributed by atoms with Crippen LogP contribution in [0.25, 0.3) is 0 Å². The van der Waals surface area contributed by atoms with Crippen LogP contribution >= 0.6 is 0 Å². The van der Waals surface area contributed by atoms with E-state index in [2.05, 4.69) is 39.9 Å². The maximum Gasteiger partial charge on any atom is 0.0818 e. The molecule has 0 aliphatic rings. The normalized spacial score (nSPS) is 11.6. The first-order valence-electron chi connectivity index (χ1n) is 6.21. The molecule has 0 heterocycles. The summed E-state index contributed by atoms with van der Waals surface area (Å²) in [6.45, 7) is 1.20. The molecular weight excluding hydrogens is 226 g/mol. The number of hydrogen-bond donors (Lipinski definition) is 2. The van der Waals surface area contributed by atoms with Gasteiger partial charge in [-0.05, 0) is 25.2 Å². The highest BCUT2D eigenvalue weighted by molar-refractivity contribution is 5.58. The number of likely N-dealkylation sites (N-methyl/N-ethyl adjacent to an activating group) is 2. The van der Waals surface area contributed by atoms with Crippen LogP contribution < -0.4 is 10.6 Å². The van der Waals surface area contributed by atoms with Crippen LogP contribution in [-0.4, -0.2) is 40.1 Å². The van der Waals surface area contributed by atoms with Gasteiger partial charge in [0.25, 0.3) is 0 Å². The lowest BCUT2D eigenvalue weighted by atomic mass is 10.1. The average Bonchev–Trinajstić information content (AvgIpc) is 2.42. The number of ether oxygens (including phenoxy) is 1. The predicted octanol–water partition coefficient (Wildman–Crippen LogP) is 1.21. The standard InChI is InChI=1S/C14H23N3O/c1-15-8-9-18-11-13-6-4-12(5-7-13)10-14(16-2)17-3/h4-8,14,16-17H,9-11H2,1-3H3. The van der Waals surface area contributed by atoms with Gasteiger partial charge in [-0.1, -0.05) is 24.3 Å². The van der Waals surface area contributed by atoms with Gasteiger partial charge in [0.15, 0.2) is 0 Å². The van der Waals surface area contributed by atoms with E-state index >= 15 is 0 Å². The Morgan fingerprint density at radius 2 is 1.78 bits per heavy atom. The molecule has 4 heteroatoms. The quantitative estimate of drug-likeness (QED) is 0.413. The fraction of sp³-hybridized carbons (Fsp3) is 0.500. The smallest absolute Gasteiger partial charge is 0.0818 e. The summed E-state index contributed by atoms with van der Waals surface area (Å²) >= 11 is 0. The van der Waals surface area contributed by atoms with Crippen molar-refractivity contribution in [2.24, 2.45) is 4.99 Å². The fourth-order valence-electron chi connectivity index (χ4n) is 1.66. The number of hydrogen-bond acceptors (Lipinski definition) is 4. The zero-order chi connectivity index (χ0) is 13.2. The van der Waals surface area contributed by atoms with Gasteiger partial charge in [0.05, 0.1) is 19.4 Å². The Kier molecular flexibility index (Phi) is 7.25. The molecule has 1 rings (SSSR count). The molecule has 0 radical (unpaired) electrons. The van der Waals surface area contributed by atoms with Crippen molar-refractivity contribution < 1.29 is 4.74 Å². The van der Waals surface area contributed by atoms with Crippen molar-refractivity contribution in [3.8, 4) is 0 Å². The highest BCUT2D eigenvalue weighted by atomic mass is 16.5. The van der Waals surface area contributed by atoms with Gasteiger partial charge in [-0.3, -0.25) is 4.99 Å². The number of rotatable bonds is 8. The Balaban J connectivity index is 2.41. The molecule has 0 unspecified atom stereocenters. The molecule has 0 bridgehead atoms. The van der Waals surface area contributed by atoms with Crippen LogP contribution in [0.15, 0.2) is 29.3 Å². The van der Waals surface area contributed by atoms with Crippen LogP contribution in [0, 0.1) is 0 Å². The van der Waals surface area contributed by atoms with Gasteiger partial charge in [-0.2, -0.15) is 0 Å². The van der Waals surface area contributed by atoms with Crippen molar-refractivity contribution in [3.63, 3.8) is 0 Å². The maximum absolute atomic E-state index is 5.45. The number of benzene rings is 1. The lowest BCUT2D eigenvalue weighted by molar-refractivity contribution is 0.160. The van der Waals surface area contributed by atoms with E-state index in [1.165, 1.54) is 11.1 Å². The highest BCUT2D eigenvalue weighted by Gasteiger charge is 2.03. The summed E-state index contributed by atoms with van der Waals surface area (Å²) in [7, 11) is 5.66. The molecule has 0 amide bonds. The maximum atomic E-state index is 5.45. The first-order valence-corrected chi connectivity index (χ1v) is 6.21. The molecule has 1 aromatic carbocycles. The van der Waals surface area contributed by atoms with Gasteiger partial charge < -0.3 is 15.4 Å². The van der Waals surface area contributed by atoms with Gasteiger partial charge in [-0.25, -0.2) is 0 Å². The number of aliphatic imine (C=N–C) groups is 1. The van der Waals surface area contributed by atoms with Crippen molar-refractivity contribution in [1.82, 2.24) is 10.6 Å². The Morgan fingerprint density at radius 3 is 2.33 bits per heavy atom. The fourth-order valence-corrected chi connectivity index (χ4v) is 1.66. The van der Waals surface area contributed by atoms with Crippen LogP contribution in [0.3, 0.4) is 0 Å². The van der Waals surface area contributed by atoms with Gasteiger partial charge in [-0.15, -0.1) is 0 Å². The van der Waals surface area contributed by atoms with E-state index in [9.17, 15) is 0 Å². The molecule has 0 aliphatic carbocycles. The highest BCUT2D eigenvalue weighted by Crippen LogP contribution is 2.07. The third-order valence-corrected chi connectivity index (χ3v) is 2.80. The molecule has 0 atom stereocenters. The van der Waals surface area contributed by atoms with Gasteiger partial charge in [0, 0.05) is 19.7 Å². The minimum Gasteiger partial charge on any atom is -0.371 e. The molecule has 0 saturated carbocycles. The van der Waals surface area contributed by atoms with Gasteiger partial charge in [0.2, 0.25) is 0 Å². The number of nitrogens with one attached hydrogen (secondary N) is 2. The molecule has 0 aromatic heterocycles. The molecule has 0 saturated heterocycles. The van der Waals surface area contributed by atoms with Gasteiger partial charge in [0.1, 0.15) is 0 Å². The molecule has 2 N–H and O–H groups in total. The minimum atomic E-state index is 0.313. The molecule has 18 heavy (non-hydrogen) atoms. The van der Waals surface area contributed by atoms with E-state index in [0.717, 1.165) is 6.42 Å². The Hall–Kier alpha value is -1.23. The molecular formula is C14H23N3O. The van der Waals surface area contributed by atoms with Crippen molar-refractivity contribution in [3.05, 3.63) is 35.4 Å². The molecule has 100 valence electrons. The Bertz CT molecular complexity index is 345. The Labute approximate surface area is 109 Å². The van der Waals surface area contributed by atoms with E-state index < -0.39 is 0 Å². The topological polar surface area (TPSA) is 45.6 Å². The first kappa shape index (κ1) is 14.8. The second-order valence-corrected chi connectivity index (χ2v) is 4.11. The second kappa shape index (κ2) is 8.80. The lowest BCUT2D eigenvalue weighted by Gasteiger charge is -2.15. The Morgan fingerprint density at radius 1 is 1.17 bits per heavy atom. The van der Waals surface area contributed by atoms with Crippen LogP contribution in [0.4, 0.5) is 0 Å². The van der Waals surface area contributed by atoms with Crippen LogP contribution in [-0.2, 0) is 17.8 Å². The van der Waals surface area contributed by atoms with E-state index in [1.807, 2.05) is 14.1 Å². The monoisotopic (exact) mass is 249 g/mol. The van der Waals surface area contributed by atoms with Crippen molar-refractivity contribution in [2.45, 2.75) is 19.2 Å². The van der Waals surface area contributed by atoms with Crippen molar-refractivity contribution in [2.75, 3.05) is 27.7 Å².